The summed E-state index contributed by atoms with van der Waals surface area (Å²) in [5.74, 6) is 2.01. The van der Waals surface area contributed by atoms with Gasteiger partial charge in [0.1, 0.15) is 0 Å². The van der Waals surface area contributed by atoms with Gasteiger partial charge in [0.2, 0.25) is 0 Å². The van der Waals surface area contributed by atoms with E-state index in [0.717, 1.165) is 12.8 Å². The van der Waals surface area contributed by atoms with Gasteiger partial charge in [-0.2, -0.15) is 0 Å². The molecule has 0 heterocycles. The van der Waals surface area contributed by atoms with Gasteiger partial charge in [0.25, 0.3) is 0 Å². The van der Waals surface area contributed by atoms with Crippen LogP contribution in [0.15, 0.2) is 24.3 Å². The minimum Gasteiger partial charge on any atom is -0.295 e. The second-order valence-corrected chi connectivity index (χ2v) is 5.75. The van der Waals surface area contributed by atoms with Gasteiger partial charge in [-0.15, -0.1) is 6.58 Å². The van der Waals surface area contributed by atoms with Crippen molar-refractivity contribution in [1.82, 2.24) is 0 Å². The molecule has 1 saturated carbocycles. The monoisotopic (exact) mass is 218 g/mol. The Labute approximate surface area is 98.6 Å². The molecule has 0 aromatic heterocycles. The lowest BCUT2D eigenvalue weighted by Crippen LogP contribution is -2.44. The molecule has 1 heteroatoms. The van der Waals surface area contributed by atoms with Crippen LogP contribution >= 0.6 is 0 Å². The fourth-order valence-corrected chi connectivity index (χ4v) is 3.66. The van der Waals surface area contributed by atoms with Crippen molar-refractivity contribution >= 4 is 5.78 Å². The summed E-state index contributed by atoms with van der Waals surface area (Å²) < 4.78 is 0. The van der Waals surface area contributed by atoms with Crippen LogP contribution in [0.1, 0.15) is 40.0 Å². The van der Waals surface area contributed by atoms with Crippen LogP contribution in [0.2, 0.25) is 0 Å². The maximum absolute atomic E-state index is 11.6. The minimum absolute atomic E-state index is 0.213. The first kappa shape index (κ1) is 11.6. The van der Waals surface area contributed by atoms with Crippen LogP contribution in [0, 0.1) is 23.2 Å². The Balaban J connectivity index is 2.42. The predicted octanol–water partition coefficient (Wildman–Crippen LogP) is 3.76. The highest BCUT2D eigenvalue weighted by Gasteiger charge is 2.47. The first-order valence-corrected chi connectivity index (χ1v) is 6.36. The summed E-state index contributed by atoms with van der Waals surface area (Å²) in [7, 11) is 0. The zero-order valence-corrected chi connectivity index (χ0v) is 10.6. The van der Waals surface area contributed by atoms with Gasteiger partial charge < -0.3 is 0 Å². The lowest BCUT2D eigenvalue weighted by Gasteiger charge is -2.51. The van der Waals surface area contributed by atoms with Crippen molar-refractivity contribution < 1.29 is 4.79 Å². The highest BCUT2D eigenvalue weighted by Crippen LogP contribution is 2.55. The van der Waals surface area contributed by atoms with Crippen LogP contribution in [-0.4, -0.2) is 5.78 Å². The molecule has 0 aromatic carbocycles. The van der Waals surface area contributed by atoms with E-state index >= 15 is 0 Å². The lowest BCUT2D eigenvalue weighted by molar-refractivity contribution is -0.118. The molecule has 1 unspecified atom stereocenters. The molecule has 16 heavy (non-hydrogen) atoms. The van der Waals surface area contributed by atoms with E-state index in [1.807, 2.05) is 6.08 Å². The normalized spacial score (nSPS) is 43.6. The van der Waals surface area contributed by atoms with Crippen LogP contribution in [-0.2, 0) is 4.79 Å². The Kier molecular flexibility index (Phi) is 2.81. The van der Waals surface area contributed by atoms with E-state index in [0.29, 0.717) is 30.0 Å². The molecule has 0 bridgehead atoms. The van der Waals surface area contributed by atoms with Gasteiger partial charge in [0.05, 0.1) is 0 Å². The number of carbonyl (C=O) groups is 1. The van der Waals surface area contributed by atoms with Gasteiger partial charge in [-0.1, -0.05) is 32.4 Å². The van der Waals surface area contributed by atoms with E-state index in [1.54, 1.807) is 0 Å². The summed E-state index contributed by atoms with van der Waals surface area (Å²) >= 11 is 0. The molecule has 0 N–H and O–H groups in total. The van der Waals surface area contributed by atoms with Crippen LogP contribution in [0.4, 0.5) is 0 Å². The molecular weight excluding hydrogens is 196 g/mol. The van der Waals surface area contributed by atoms with Gasteiger partial charge >= 0.3 is 0 Å². The van der Waals surface area contributed by atoms with Crippen molar-refractivity contribution in [3.8, 4) is 0 Å². The highest BCUT2D eigenvalue weighted by atomic mass is 16.1. The minimum atomic E-state index is 0.213. The molecule has 4 atom stereocenters. The summed E-state index contributed by atoms with van der Waals surface area (Å²) in [4.78, 5) is 11.6. The van der Waals surface area contributed by atoms with E-state index in [-0.39, 0.29) is 5.41 Å². The van der Waals surface area contributed by atoms with Crippen LogP contribution in [0.3, 0.4) is 0 Å². The first-order chi connectivity index (χ1) is 7.50. The smallest absolute Gasteiger partial charge is 0.155 e. The quantitative estimate of drug-likeness (QED) is 0.612. The number of allylic oxidation sites excluding steroid dienone is 3. The van der Waals surface area contributed by atoms with Crippen molar-refractivity contribution in [3.63, 3.8) is 0 Å². The number of hydrogen-bond acceptors (Lipinski definition) is 1. The third-order valence-corrected chi connectivity index (χ3v) is 5.20. The van der Waals surface area contributed by atoms with Gasteiger partial charge in [-0.3, -0.25) is 4.79 Å². The van der Waals surface area contributed by atoms with Crippen molar-refractivity contribution in [2.24, 2.45) is 23.2 Å². The summed E-state index contributed by atoms with van der Waals surface area (Å²) in [5.41, 5.74) is 1.60. The van der Waals surface area contributed by atoms with Crippen molar-refractivity contribution in [2.45, 2.75) is 40.0 Å². The largest absolute Gasteiger partial charge is 0.295 e. The van der Waals surface area contributed by atoms with E-state index in [2.05, 4.69) is 33.4 Å². The van der Waals surface area contributed by atoms with Gasteiger partial charge in [0, 0.05) is 6.42 Å². The fraction of sp³-hybridized carbons (Fsp3) is 0.667. The molecule has 2 rings (SSSR count). The summed E-state index contributed by atoms with van der Waals surface area (Å²) in [6, 6.07) is 0. The third kappa shape index (κ3) is 1.49. The molecule has 0 spiro atoms. The number of rotatable bonds is 1. The van der Waals surface area contributed by atoms with Crippen molar-refractivity contribution in [1.29, 1.82) is 0 Å². The highest BCUT2D eigenvalue weighted by molar-refractivity contribution is 5.92. The fourth-order valence-electron chi connectivity index (χ4n) is 3.66. The number of hydrogen-bond donors (Lipinski definition) is 0. The Morgan fingerprint density at radius 2 is 2.19 bits per heavy atom. The third-order valence-electron chi connectivity index (χ3n) is 5.20. The topological polar surface area (TPSA) is 17.1 Å². The summed E-state index contributed by atoms with van der Waals surface area (Å²) in [6.45, 7) is 10.9. The van der Waals surface area contributed by atoms with E-state index in [4.69, 9.17) is 0 Å². The molecule has 2 aliphatic rings. The second kappa shape index (κ2) is 3.87. The number of ketones is 1. The summed E-state index contributed by atoms with van der Waals surface area (Å²) in [6.07, 6.45) is 6.99. The maximum atomic E-state index is 11.6. The Bertz CT molecular complexity index is 352. The Morgan fingerprint density at radius 1 is 1.50 bits per heavy atom. The van der Waals surface area contributed by atoms with Crippen molar-refractivity contribution in [2.75, 3.05) is 0 Å². The molecular formula is C15H22O. The predicted molar refractivity (Wildman–Crippen MR) is 67.1 cm³/mol. The number of carbonyl (C=O) groups excluding carboxylic acids is 1. The Morgan fingerprint density at radius 3 is 2.81 bits per heavy atom. The van der Waals surface area contributed by atoms with Crippen LogP contribution < -0.4 is 0 Å². The van der Waals surface area contributed by atoms with Gasteiger partial charge in [0.15, 0.2) is 5.78 Å². The van der Waals surface area contributed by atoms with Crippen LogP contribution in [0.5, 0.6) is 0 Å². The molecule has 0 aromatic rings. The second-order valence-electron chi connectivity index (χ2n) is 5.75. The lowest BCUT2D eigenvalue weighted by atomic mass is 9.53. The molecule has 1 fully saturated rings. The SMILES string of the molecule is C=C[C@@H]1CCC2=CC(=O)C[C@@H](C)[C@]2(C)C1C. The molecule has 88 valence electrons. The average molecular weight is 218 g/mol. The average Bonchev–Trinajstić information content (AvgIpc) is 2.23. The van der Waals surface area contributed by atoms with Crippen LogP contribution in [0.25, 0.3) is 0 Å². The zero-order chi connectivity index (χ0) is 11.9. The van der Waals surface area contributed by atoms with E-state index < -0.39 is 0 Å². The standard InChI is InChI=1S/C15H22O/c1-5-12-6-7-13-9-14(16)8-10(2)15(13,4)11(12)3/h5,9-12H,1,6-8H2,2-4H3/t10-,11?,12-,15-/m1/s1. The Hall–Kier alpha value is -0.850. The van der Waals surface area contributed by atoms with Gasteiger partial charge in [-0.05, 0) is 42.1 Å². The molecule has 1 nitrogen and oxygen atoms in total. The first-order valence-electron chi connectivity index (χ1n) is 6.36. The van der Waals surface area contributed by atoms with Crippen molar-refractivity contribution in [3.05, 3.63) is 24.3 Å². The molecule has 0 amide bonds. The molecule has 0 aliphatic heterocycles. The van der Waals surface area contributed by atoms with E-state index in [1.165, 1.54) is 5.57 Å². The molecule has 2 aliphatic carbocycles. The zero-order valence-electron chi connectivity index (χ0n) is 10.6. The van der Waals surface area contributed by atoms with E-state index in [9.17, 15) is 4.79 Å². The molecule has 0 saturated heterocycles. The number of fused-ring (bicyclic) bond motifs is 1. The summed E-state index contributed by atoms with van der Waals surface area (Å²) in [5, 5.41) is 0. The molecule has 0 radical (unpaired) electrons. The maximum Gasteiger partial charge on any atom is 0.155 e. The van der Waals surface area contributed by atoms with Gasteiger partial charge in [-0.25, -0.2) is 0 Å².